The zero-order valence-electron chi connectivity index (χ0n) is 9.13. The standard InChI is InChI=1S/C11H10ClN3O2/c1-2-17-11(16)9-7-15(14-13-9)10-6-4-3-5-8(10)12/h3-7H,2H2,1H3. The molecule has 0 saturated carbocycles. The molecule has 5 nitrogen and oxygen atoms in total. The molecule has 1 aromatic carbocycles. The van der Waals surface area contributed by atoms with Gasteiger partial charge in [0.2, 0.25) is 0 Å². The second-order valence-corrected chi connectivity index (χ2v) is 3.63. The summed E-state index contributed by atoms with van der Waals surface area (Å²) in [6.45, 7) is 2.04. The second kappa shape index (κ2) is 4.97. The molecule has 2 rings (SSSR count). The Bertz CT molecular complexity index is 539. The third kappa shape index (κ3) is 2.45. The summed E-state index contributed by atoms with van der Waals surface area (Å²) in [5, 5.41) is 8.10. The summed E-state index contributed by atoms with van der Waals surface area (Å²) in [6, 6.07) is 7.16. The number of rotatable bonds is 3. The number of hydrogen-bond acceptors (Lipinski definition) is 4. The van der Waals surface area contributed by atoms with E-state index in [1.807, 2.05) is 12.1 Å². The zero-order chi connectivity index (χ0) is 12.3. The van der Waals surface area contributed by atoms with E-state index in [1.54, 1.807) is 19.1 Å². The molecule has 17 heavy (non-hydrogen) atoms. The van der Waals surface area contributed by atoms with E-state index in [9.17, 15) is 4.79 Å². The van der Waals surface area contributed by atoms with E-state index in [1.165, 1.54) is 10.9 Å². The average molecular weight is 252 g/mol. The van der Waals surface area contributed by atoms with Crippen molar-refractivity contribution in [1.82, 2.24) is 15.0 Å². The van der Waals surface area contributed by atoms with Gasteiger partial charge in [0.05, 0.1) is 23.5 Å². The highest BCUT2D eigenvalue weighted by Crippen LogP contribution is 2.18. The lowest BCUT2D eigenvalue weighted by Crippen LogP contribution is -2.04. The smallest absolute Gasteiger partial charge is 0.360 e. The van der Waals surface area contributed by atoms with Gasteiger partial charge in [0.25, 0.3) is 0 Å². The molecule has 2 aromatic rings. The van der Waals surface area contributed by atoms with Crippen molar-refractivity contribution < 1.29 is 9.53 Å². The van der Waals surface area contributed by atoms with Gasteiger partial charge in [0.1, 0.15) is 0 Å². The Hall–Kier alpha value is -1.88. The van der Waals surface area contributed by atoms with E-state index in [-0.39, 0.29) is 5.69 Å². The van der Waals surface area contributed by atoms with Crippen LogP contribution in [0.3, 0.4) is 0 Å². The quantitative estimate of drug-likeness (QED) is 0.784. The number of carbonyl (C=O) groups is 1. The van der Waals surface area contributed by atoms with Crippen LogP contribution in [0.1, 0.15) is 17.4 Å². The highest BCUT2D eigenvalue weighted by molar-refractivity contribution is 6.32. The van der Waals surface area contributed by atoms with Crippen LogP contribution < -0.4 is 0 Å². The lowest BCUT2D eigenvalue weighted by molar-refractivity contribution is 0.0519. The van der Waals surface area contributed by atoms with Crippen molar-refractivity contribution in [3.63, 3.8) is 0 Å². The van der Waals surface area contributed by atoms with E-state index < -0.39 is 5.97 Å². The van der Waals surface area contributed by atoms with E-state index in [2.05, 4.69) is 10.3 Å². The number of nitrogens with zero attached hydrogens (tertiary/aromatic N) is 3. The monoisotopic (exact) mass is 251 g/mol. The zero-order valence-corrected chi connectivity index (χ0v) is 9.89. The van der Waals surface area contributed by atoms with Gasteiger partial charge in [-0.2, -0.15) is 0 Å². The molecular weight excluding hydrogens is 242 g/mol. The Morgan fingerprint density at radius 1 is 1.47 bits per heavy atom. The molecule has 0 N–H and O–H groups in total. The molecule has 1 aromatic heterocycles. The Kier molecular flexibility index (Phi) is 3.39. The predicted molar refractivity (Wildman–Crippen MR) is 62.3 cm³/mol. The average Bonchev–Trinajstić information content (AvgIpc) is 2.79. The number of esters is 1. The van der Waals surface area contributed by atoms with Crippen molar-refractivity contribution in [3.8, 4) is 5.69 Å². The maximum absolute atomic E-state index is 11.4. The first-order valence-electron chi connectivity index (χ1n) is 5.06. The van der Waals surface area contributed by atoms with Crippen molar-refractivity contribution in [3.05, 3.63) is 41.2 Å². The molecule has 0 bridgehead atoms. The number of carbonyl (C=O) groups excluding carboxylic acids is 1. The van der Waals surface area contributed by atoms with Crippen LogP contribution in [0, 0.1) is 0 Å². The molecule has 0 fully saturated rings. The molecule has 0 spiro atoms. The molecule has 0 saturated heterocycles. The molecular formula is C11H10ClN3O2. The van der Waals surface area contributed by atoms with Gasteiger partial charge in [0, 0.05) is 0 Å². The first kappa shape index (κ1) is 11.6. The number of aromatic nitrogens is 3. The number of benzene rings is 1. The van der Waals surface area contributed by atoms with Crippen molar-refractivity contribution in [2.45, 2.75) is 6.92 Å². The lowest BCUT2D eigenvalue weighted by Gasteiger charge is -2.01. The van der Waals surface area contributed by atoms with Gasteiger partial charge < -0.3 is 4.74 Å². The minimum absolute atomic E-state index is 0.159. The highest BCUT2D eigenvalue weighted by atomic mass is 35.5. The summed E-state index contributed by atoms with van der Waals surface area (Å²) in [6.07, 6.45) is 1.49. The van der Waals surface area contributed by atoms with Crippen LogP contribution in [0.4, 0.5) is 0 Å². The molecule has 0 atom stereocenters. The van der Waals surface area contributed by atoms with Crippen LogP contribution in [-0.4, -0.2) is 27.6 Å². The Morgan fingerprint density at radius 2 is 2.24 bits per heavy atom. The van der Waals surface area contributed by atoms with Crippen LogP contribution in [0.5, 0.6) is 0 Å². The number of ether oxygens (including phenoxy) is 1. The first-order valence-corrected chi connectivity index (χ1v) is 5.44. The molecule has 0 unspecified atom stereocenters. The summed E-state index contributed by atoms with van der Waals surface area (Å²) < 4.78 is 6.26. The van der Waals surface area contributed by atoms with Gasteiger partial charge in [-0.25, -0.2) is 9.48 Å². The summed E-state index contributed by atoms with van der Waals surface area (Å²) in [7, 11) is 0. The third-order valence-corrected chi connectivity index (χ3v) is 2.40. The van der Waals surface area contributed by atoms with Crippen LogP contribution in [0.25, 0.3) is 5.69 Å². The molecule has 88 valence electrons. The predicted octanol–water partition coefficient (Wildman–Crippen LogP) is 2.10. The van der Waals surface area contributed by atoms with Gasteiger partial charge in [-0.05, 0) is 19.1 Å². The lowest BCUT2D eigenvalue weighted by atomic mass is 10.3. The van der Waals surface area contributed by atoms with Gasteiger partial charge in [-0.1, -0.05) is 28.9 Å². The van der Waals surface area contributed by atoms with Gasteiger partial charge in [-0.3, -0.25) is 0 Å². The fraction of sp³-hybridized carbons (Fsp3) is 0.182. The fourth-order valence-corrected chi connectivity index (χ4v) is 1.54. The van der Waals surface area contributed by atoms with Crippen LogP contribution in [-0.2, 0) is 4.74 Å². The summed E-state index contributed by atoms with van der Waals surface area (Å²) in [5.41, 5.74) is 0.823. The highest BCUT2D eigenvalue weighted by Gasteiger charge is 2.13. The number of hydrogen-bond donors (Lipinski definition) is 0. The summed E-state index contributed by atoms with van der Waals surface area (Å²) in [5.74, 6) is -0.495. The summed E-state index contributed by atoms with van der Waals surface area (Å²) in [4.78, 5) is 11.4. The van der Waals surface area contributed by atoms with Crippen LogP contribution in [0.15, 0.2) is 30.5 Å². The molecule has 0 aliphatic carbocycles. The van der Waals surface area contributed by atoms with E-state index in [0.29, 0.717) is 17.3 Å². The van der Waals surface area contributed by atoms with Gasteiger partial charge in [0.15, 0.2) is 5.69 Å². The van der Waals surface area contributed by atoms with E-state index in [0.717, 1.165) is 0 Å². The van der Waals surface area contributed by atoms with Crippen molar-refractivity contribution >= 4 is 17.6 Å². The molecule has 6 heteroatoms. The van der Waals surface area contributed by atoms with Crippen molar-refractivity contribution in [2.24, 2.45) is 0 Å². The SMILES string of the molecule is CCOC(=O)c1cn(-c2ccccc2Cl)nn1. The second-order valence-electron chi connectivity index (χ2n) is 3.22. The van der Waals surface area contributed by atoms with Crippen molar-refractivity contribution in [1.29, 1.82) is 0 Å². The molecule has 0 aliphatic rings. The minimum atomic E-state index is -0.495. The third-order valence-electron chi connectivity index (χ3n) is 2.08. The largest absolute Gasteiger partial charge is 0.461 e. The first-order chi connectivity index (χ1) is 8.22. The van der Waals surface area contributed by atoms with E-state index >= 15 is 0 Å². The summed E-state index contributed by atoms with van der Waals surface area (Å²) >= 11 is 6.00. The topological polar surface area (TPSA) is 57.0 Å². The number of para-hydroxylation sites is 1. The Morgan fingerprint density at radius 3 is 2.94 bits per heavy atom. The number of halogens is 1. The Balaban J connectivity index is 2.30. The molecule has 0 amide bonds. The normalized spacial score (nSPS) is 10.2. The fourth-order valence-electron chi connectivity index (χ4n) is 1.32. The minimum Gasteiger partial charge on any atom is -0.461 e. The molecule has 0 radical (unpaired) electrons. The maximum Gasteiger partial charge on any atom is 0.360 e. The van der Waals surface area contributed by atoms with Crippen molar-refractivity contribution in [2.75, 3.05) is 6.61 Å². The molecule has 0 aliphatic heterocycles. The maximum atomic E-state index is 11.4. The van der Waals surface area contributed by atoms with Gasteiger partial charge >= 0.3 is 5.97 Å². The van der Waals surface area contributed by atoms with Gasteiger partial charge in [-0.15, -0.1) is 5.10 Å². The van der Waals surface area contributed by atoms with E-state index in [4.69, 9.17) is 16.3 Å². The molecule has 1 heterocycles. The Labute approximate surface area is 103 Å². The van der Waals surface area contributed by atoms with Crippen LogP contribution in [0.2, 0.25) is 5.02 Å². The van der Waals surface area contributed by atoms with Crippen LogP contribution >= 0.6 is 11.6 Å².